The SMILES string of the molecule is CN=C(NCc1nc(-c2ccco2)n[nH]1)NC1CC1C.I. The highest BCUT2D eigenvalue weighted by atomic mass is 127. The van der Waals surface area contributed by atoms with Crippen molar-refractivity contribution in [2.45, 2.75) is 25.9 Å². The molecule has 2 heterocycles. The molecule has 0 amide bonds. The fourth-order valence-electron chi connectivity index (χ4n) is 1.95. The van der Waals surface area contributed by atoms with Crippen LogP contribution in [0.4, 0.5) is 0 Å². The molecule has 3 N–H and O–H groups in total. The van der Waals surface area contributed by atoms with Gasteiger partial charge in [0.25, 0.3) is 0 Å². The molecule has 1 aliphatic rings. The maximum atomic E-state index is 5.25. The van der Waals surface area contributed by atoms with Gasteiger partial charge in [0, 0.05) is 13.1 Å². The minimum absolute atomic E-state index is 0. The van der Waals surface area contributed by atoms with Gasteiger partial charge in [-0.3, -0.25) is 10.1 Å². The Morgan fingerprint density at radius 1 is 1.57 bits per heavy atom. The van der Waals surface area contributed by atoms with Gasteiger partial charge in [-0.15, -0.1) is 29.1 Å². The summed E-state index contributed by atoms with van der Waals surface area (Å²) in [6.07, 6.45) is 2.80. The minimum atomic E-state index is 0. The number of nitrogens with one attached hydrogen (secondary N) is 3. The van der Waals surface area contributed by atoms with Gasteiger partial charge in [-0.1, -0.05) is 6.92 Å². The number of nitrogens with zero attached hydrogens (tertiary/aromatic N) is 3. The third-order valence-electron chi connectivity index (χ3n) is 3.35. The second kappa shape index (κ2) is 6.92. The van der Waals surface area contributed by atoms with Gasteiger partial charge in [0.2, 0.25) is 5.82 Å². The number of hydrogen-bond donors (Lipinski definition) is 3. The van der Waals surface area contributed by atoms with Gasteiger partial charge in [-0.25, -0.2) is 4.98 Å². The minimum Gasteiger partial charge on any atom is -0.461 e. The van der Waals surface area contributed by atoms with Crippen LogP contribution in [0.25, 0.3) is 11.6 Å². The molecule has 8 heteroatoms. The van der Waals surface area contributed by atoms with E-state index in [-0.39, 0.29) is 24.0 Å². The van der Waals surface area contributed by atoms with Crippen molar-refractivity contribution in [1.82, 2.24) is 25.8 Å². The van der Waals surface area contributed by atoms with E-state index < -0.39 is 0 Å². The van der Waals surface area contributed by atoms with Crippen molar-refractivity contribution in [3.05, 3.63) is 24.2 Å². The predicted octanol–water partition coefficient (Wildman–Crippen LogP) is 1.76. The molecule has 0 aliphatic heterocycles. The van der Waals surface area contributed by atoms with E-state index in [0.29, 0.717) is 24.2 Å². The van der Waals surface area contributed by atoms with Gasteiger partial charge >= 0.3 is 0 Å². The number of aliphatic imine (C=N–C) groups is 1. The highest BCUT2D eigenvalue weighted by molar-refractivity contribution is 14.0. The van der Waals surface area contributed by atoms with Crippen LogP contribution < -0.4 is 10.6 Å². The molecule has 3 rings (SSSR count). The molecule has 114 valence electrons. The average molecular weight is 402 g/mol. The molecule has 1 fully saturated rings. The van der Waals surface area contributed by atoms with Gasteiger partial charge in [0.1, 0.15) is 5.82 Å². The molecule has 2 aromatic rings. The van der Waals surface area contributed by atoms with Crippen LogP contribution in [0.3, 0.4) is 0 Å². The van der Waals surface area contributed by atoms with E-state index in [1.807, 2.05) is 12.1 Å². The van der Waals surface area contributed by atoms with E-state index in [1.54, 1.807) is 13.3 Å². The largest absolute Gasteiger partial charge is 0.461 e. The number of H-pyrrole nitrogens is 1. The summed E-state index contributed by atoms with van der Waals surface area (Å²) >= 11 is 0. The molecular weight excluding hydrogens is 383 g/mol. The number of rotatable bonds is 4. The van der Waals surface area contributed by atoms with Gasteiger partial charge in [0.05, 0.1) is 12.8 Å². The van der Waals surface area contributed by atoms with Gasteiger partial charge in [-0.05, 0) is 24.5 Å². The fraction of sp³-hybridized carbons (Fsp3) is 0.462. The Morgan fingerprint density at radius 2 is 2.38 bits per heavy atom. The zero-order valence-corrected chi connectivity index (χ0v) is 14.3. The third kappa shape index (κ3) is 3.96. The average Bonchev–Trinajstić information content (AvgIpc) is 2.95. The van der Waals surface area contributed by atoms with E-state index in [4.69, 9.17) is 4.42 Å². The normalized spacial score (nSPS) is 20.8. The standard InChI is InChI=1S/C13H18N6O.HI/c1-8-6-9(8)16-13(14-2)15-7-11-17-12(19-18-11)10-4-3-5-20-10;/h3-5,8-9H,6-7H2,1-2H3,(H2,14,15,16)(H,17,18,19);1H. The first-order valence-electron chi connectivity index (χ1n) is 6.68. The second-order valence-electron chi connectivity index (χ2n) is 4.97. The quantitative estimate of drug-likeness (QED) is 0.412. The van der Waals surface area contributed by atoms with E-state index >= 15 is 0 Å². The Kier molecular flexibility index (Phi) is 5.21. The van der Waals surface area contributed by atoms with Crippen LogP contribution in [0.1, 0.15) is 19.2 Å². The highest BCUT2D eigenvalue weighted by Crippen LogP contribution is 2.28. The molecule has 1 aliphatic carbocycles. The summed E-state index contributed by atoms with van der Waals surface area (Å²) in [4.78, 5) is 8.55. The lowest BCUT2D eigenvalue weighted by molar-refractivity contribution is 0.577. The van der Waals surface area contributed by atoms with Crippen molar-refractivity contribution in [2.75, 3.05) is 7.05 Å². The highest BCUT2D eigenvalue weighted by Gasteiger charge is 2.33. The lowest BCUT2D eigenvalue weighted by Crippen LogP contribution is -2.38. The summed E-state index contributed by atoms with van der Waals surface area (Å²) in [6.45, 7) is 2.76. The van der Waals surface area contributed by atoms with Crippen LogP contribution in [-0.4, -0.2) is 34.2 Å². The summed E-state index contributed by atoms with van der Waals surface area (Å²) in [7, 11) is 1.76. The van der Waals surface area contributed by atoms with Crippen molar-refractivity contribution in [3.8, 4) is 11.6 Å². The van der Waals surface area contributed by atoms with Crippen LogP contribution in [0, 0.1) is 5.92 Å². The number of aromatic amines is 1. The predicted molar refractivity (Wildman–Crippen MR) is 90.4 cm³/mol. The van der Waals surface area contributed by atoms with Crippen LogP contribution >= 0.6 is 24.0 Å². The van der Waals surface area contributed by atoms with Gasteiger partial charge < -0.3 is 15.1 Å². The summed E-state index contributed by atoms with van der Waals surface area (Å²) in [6, 6.07) is 4.18. The van der Waals surface area contributed by atoms with Crippen LogP contribution in [-0.2, 0) is 6.54 Å². The zero-order chi connectivity index (χ0) is 13.9. The monoisotopic (exact) mass is 402 g/mol. The number of furan rings is 1. The second-order valence-corrected chi connectivity index (χ2v) is 4.97. The topological polar surface area (TPSA) is 91.1 Å². The summed E-state index contributed by atoms with van der Waals surface area (Å²) in [5.74, 6) is 3.47. The third-order valence-corrected chi connectivity index (χ3v) is 3.35. The van der Waals surface area contributed by atoms with Crippen molar-refractivity contribution in [2.24, 2.45) is 10.9 Å². The molecule has 2 unspecified atom stereocenters. The fourth-order valence-corrected chi connectivity index (χ4v) is 1.95. The van der Waals surface area contributed by atoms with Crippen LogP contribution in [0.5, 0.6) is 0 Å². The van der Waals surface area contributed by atoms with Crippen molar-refractivity contribution >= 4 is 29.9 Å². The molecule has 2 atom stereocenters. The molecule has 21 heavy (non-hydrogen) atoms. The molecule has 1 saturated carbocycles. The smallest absolute Gasteiger partial charge is 0.216 e. The maximum Gasteiger partial charge on any atom is 0.216 e. The first kappa shape index (κ1) is 15.8. The maximum absolute atomic E-state index is 5.25. The zero-order valence-electron chi connectivity index (χ0n) is 12.0. The van der Waals surface area contributed by atoms with Gasteiger partial charge in [0.15, 0.2) is 11.7 Å². The first-order valence-corrected chi connectivity index (χ1v) is 6.68. The van der Waals surface area contributed by atoms with Gasteiger partial charge in [-0.2, -0.15) is 0 Å². The Labute approximate surface area is 140 Å². The molecule has 0 radical (unpaired) electrons. The number of hydrogen-bond acceptors (Lipinski definition) is 4. The van der Waals surface area contributed by atoms with Crippen molar-refractivity contribution in [3.63, 3.8) is 0 Å². The molecule has 0 saturated heterocycles. The van der Waals surface area contributed by atoms with E-state index in [1.165, 1.54) is 6.42 Å². The molecule has 0 bridgehead atoms. The lowest BCUT2D eigenvalue weighted by atomic mass is 10.4. The molecule has 0 spiro atoms. The summed E-state index contributed by atoms with van der Waals surface area (Å²) < 4.78 is 5.25. The Bertz CT molecular complexity index is 594. The number of aromatic nitrogens is 3. The number of guanidine groups is 1. The summed E-state index contributed by atoms with van der Waals surface area (Å²) in [5, 5.41) is 13.6. The summed E-state index contributed by atoms with van der Waals surface area (Å²) in [5.41, 5.74) is 0. The van der Waals surface area contributed by atoms with E-state index in [9.17, 15) is 0 Å². The first-order chi connectivity index (χ1) is 9.76. The Balaban J connectivity index is 0.00000161. The van der Waals surface area contributed by atoms with E-state index in [2.05, 4.69) is 37.7 Å². The Hall–Kier alpha value is -1.58. The molecular formula is C13H19IN6O. The van der Waals surface area contributed by atoms with Crippen LogP contribution in [0.2, 0.25) is 0 Å². The molecule has 0 aromatic carbocycles. The van der Waals surface area contributed by atoms with Crippen molar-refractivity contribution in [1.29, 1.82) is 0 Å². The van der Waals surface area contributed by atoms with Crippen molar-refractivity contribution < 1.29 is 4.42 Å². The Morgan fingerprint density at radius 3 is 3.00 bits per heavy atom. The molecule has 7 nitrogen and oxygen atoms in total. The van der Waals surface area contributed by atoms with Crippen LogP contribution in [0.15, 0.2) is 27.8 Å². The van der Waals surface area contributed by atoms with E-state index in [0.717, 1.165) is 17.7 Å². The lowest BCUT2D eigenvalue weighted by Gasteiger charge is -2.09. The molecule has 2 aromatic heterocycles. The number of halogens is 1.